The van der Waals surface area contributed by atoms with Crippen LogP contribution in [0.4, 0.5) is 0 Å². The van der Waals surface area contributed by atoms with Crippen LogP contribution in [0.2, 0.25) is 0 Å². The molecule has 0 radical (unpaired) electrons. The average molecular weight is 542 g/mol. The zero-order valence-corrected chi connectivity index (χ0v) is 23.3. The molecule has 3 rings (SSSR count). The molecule has 0 unspecified atom stereocenters. The van der Waals surface area contributed by atoms with Crippen LogP contribution in [0.25, 0.3) is 6.08 Å². The Morgan fingerprint density at radius 2 is 1.82 bits per heavy atom. The molecule has 1 aliphatic carbocycles. The number of rotatable bonds is 14. The zero-order chi connectivity index (χ0) is 28.7. The number of aromatic hydroxyl groups is 1. The number of nitrogens with zero attached hydrogens (tertiary/aromatic N) is 1. The van der Waals surface area contributed by atoms with Gasteiger partial charge in [0.1, 0.15) is 5.75 Å². The van der Waals surface area contributed by atoms with E-state index in [-0.39, 0.29) is 43.1 Å². The number of carboxylic acid groups (broad SMARTS) is 1. The number of phenolic OH excluding ortho intramolecular Hbond substituents is 1. The van der Waals surface area contributed by atoms with Crippen molar-refractivity contribution in [2.24, 2.45) is 23.7 Å². The number of likely N-dealkylation sites (tertiary alicyclic amines) is 1. The van der Waals surface area contributed by atoms with Gasteiger partial charge in [0.15, 0.2) is 0 Å². The molecule has 1 heterocycles. The summed E-state index contributed by atoms with van der Waals surface area (Å²) >= 11 is 0. The molecule has 0 aromatic heterocycles. The van der Waals surface area contributed by atoms with Gasteiger partial charge >= 0.3 is 5.97 Å². The van der Waals surface area contributed by atoms with Crippen molar-refractivity contribution in [2.45, 2.75) is 78.2 Å². The fourth-order valence-corrected chi connectivity index (χ4v) is 6.11. The Morgan fingerprint density at radius 3 is 2.44 bits per heavy atom. The van der Waals surface area contributed by atoms with Crippen molar-refractivity contribution in [3.8, 4) is 5.75 Å². The van der Waals surface area contributed by atoms with E-state index in [0.717, 1.165) is 23.1 Å². The van der Waals surface area contributed by atoms with Crippen molar-refractivity contribution in [3.05, 3.63) is 46.5 Å². The fraction of sp³-hybridized carbons (Fsp3) is 0.581. The zero-order valence-electron chi connectivity index (χ0n) is 23.3. The first kappa shape index (κ1) is 30.6. The summed E-state index contributed by atoms with van der Waals surface area (Å²) in [6.07, 6.45) is 4.90. The van der Waals surface area contributed by atoms with Crippen LogP contribution in [0.3, 0.4) is 0 Å². The van der Waals surface area contributed by atoms with Crippen molar-refractivity contribution in [2.75, 3.05) is 13.2 Å². The van der Waals surface area contributed by atoms with Crippen LogP contribution in [-0.4, -0.2) is 62.4 Å². The van der Waals surface area contributed by atoms with Crippen molar-refractivity contribution in [1.29, 1.82) is 0 Å². The third-order valence-electron chi connectivity index (χ3n) is 8.23. The maximum atomic E-state index is 13.4. The summed E-state index contributed by atoms with van der Waals surface area (Å²) in [6, 6.07) is 7.10. The van der Waals surface area contributed by atoms with E-state index in [1.165, 1.54) is 4.90 Å². The number of amides is 2. The molecule has 39 heavy (non-hydrogen) atoms. The molecule has 1 fully saturated rings. The summed E-state index contributed by atoms with van der Waals surface area (Å²) in [5, 5.41) is 40.9. The van der Waals surface area contributed by atoms with E-state index in [2.05, 4.69) is 0 Å². The topological polar surface area (TPSA) is 135 Å². The Morgan fingerprint density at radius 1 is 1.10 bits per heavy atom. The second-order valence-electron chi connectivity index (χ2n) is 11.1. The van der Waals surface area contributed by atoms with Gasteiger partial charge in [-0.15, -0.1) is 0 Å². The molecule has 8 nitrogen and oxygen atoms in total. The molecule has 4 N–H and O–H groups in total. The standard InChI is InChI=1S/C31H43NO7/c1-4-20(16-21-10-7-8-11-25(21)34)13-14-26(35)28-22(19(2)3)17-23-29(24(28)18-33)31(39)32(30(23)38)15-9-5-6-12-27(36)37/h7-8,10-11,16,19,23-24,26,29,33-35H,4-6,9,12-15,17-18H2,1-3H3,(H,36,37)/b20-16+/t23-,24+,26-,29-/m1/s1. The van der Waals surface area contributed by atoms with E-state index in [9.17, 15) is 29.7 Å². The number of unbranched alkanes of at least 4 members (excludes halogenated alkanes) is 2. The molecule has 1 saturated heterocycles. The molecule has 214 valence electrons. The van der Waals surface area contributed by atoms with Gasteiger partial charge in [0, 0.05) is 24.4 Å². The highest BCUT2D eigenvalue weighted by atomic mass is 16.4. The lowest BCUT2D eigenvalue weighted by molar-refractivity contribution is -0.141. The molecule has 0 bridgehead atoms. The van der Waals surface area contributed by atoms with Crippen LogP contribution < -0.4 is 0 Å². The smallest absolute Gasteiger partial charge is 0.303 e. The van der Waals surface area contributed by atoms with Crippen LogP contribution in [0.15, 0.2) is 41.0 Å². The minimum atomic E-state index is -0.868. The van der Waals surface area contributed by atoms with Crippen LogP contribution in [0.5, 0.6) is 5.75 Å². The van der Waals surface area contributed by atoms with Crippen molar-refractivity contribution in [1.82, 2.24) is 4.90 Å². The van der Waals surface area contributed by atoms with Gasteiger partial charge in [0.2, 0.25) is 11.8 Å². The Hall–Kier alpha value is -2.97. The number of aliphatic hydroxyl groups is 2. The fourth-order valence-electron chi connectivity index (χ4n) is 6.11. The second-order valence-corrected chi connectivity index (χ2v) is 11.1. The van der Waals surface area contributed by atoms with E-state index >= 15 is 0 Å². The number of aliphatic carboxylic acids is 1. The Labute approximate surface area is 231 Å². The molecule has 4 atom stereocenters. The largest absolute Gasteiger partial charge is 0.507 e. The van der Waals surface area contributed by atoms with Crippen LogP contribution in [0.1, 0.15) is 77.7 Å². The molecule has 2 aliphatic rings. The highest BCUT2D eigenvalue weighted by Crippen LogP contribution is 2.48. The summed E-state index contributed by atoms with van der Waals surface area (Å²) in [5.41, 5.74) is 3.42. The highest BCUT2D eigenvalue weighted by Gasteiger charge is 2.54. The van der Waals surface area contributed by atoms with E-state index in [1.54, 1.807) is 12.1 Å². The van der Waals surface area contributed by atoms with Crippen LogP contribution in [0, 0.1) is 23.7 Å². The summed E-state index contributed by atoms with van der Waals surface area (Å²) in [7, 11) is 0. The number of carboxylic acids is 1. The Balaban J connectivity index is 1.78. The maximum absolute atomic E-state index is 13.4. The molecule has 0 saturated carbocycles. The number of phenols is 1. The molecule has 0 spiro atoms. The minimum absolute atomic E-state index is 0.0417. The van der Waals surface area contributed by atoms with Crippen molar-refractivity contribution in [3.63, 3.8) is 0 Å². The maximum Gasteiger partial charge on any atom is 0.303 e. The average Bonchev–Trinajstić information content (AvgIpc) is 3.14. The van der Waals surface area contributed by atoms with Gasteiger partial charge in [-0.3, -0.25) is 19.3 Å². The number of aliphatic hydroxyl groups excluding tert-OH is 2. The van der Waals surface area contributed by atoms with Gasteiger partial charge < -0.3 is 20.4 Å². The molecule has 1 aromatic rings. The summed E-state index contributed by atoms with van der Waals surface area (Å²) in [4.78, 5) is 38.8. The highest BCUT2D eigenvalue weighted by molar-refractivity contribution is 6.05. The number of fused-ring (bicyclic) bond motifs is 1. The van der Waals surface area contributed by atoms with Gasteiger partial charge in [0.25, 0.3) is 0 Å². The van der Waals surface area contributed by atoms with E-state index in [0.29, 0.717) is 44.1 Å². The number of hydrogen-bond donors (Lipinski definition) is 4. The van der Waals surface area contributed by atoms with E-state index in [1.807, 2.05) is 39.0 Å². The normalized spacial score (nSPS) is 22.6. The van der Waals surface area contributed by atoms with Gasteiger partial charge in [-0.1, -0.05) is 62.6 Å². The lowest BCUT2D eigenvalue weighted by Crippen LogP contribution is -2.40. The SMILES string of the molecule is CC/C(=C\c1ccccc1O)CC[C@@H](O)C1=C(C(C)C)C[C@H]2C(=O)N(CCCCCC(=O)O)C(=O)[C@H]2[C@H]1CO. The number of carbonyl (C=O) groups is 3. The number of carbonyl (C=O) groups excluding carboxylic acids is 2. The summed E-state index contributed by atoms with van der Waals surface area (Å²) in [5.74, 6) is -3.03. The molecule has 1 aliphatic heterocycles. The van der Waals surface area contributed by atoms with Crippen LogP contribution in [-0.2, 0) is 14.4 Å². The Bertz CT molecular complexity index is 1110. The third-order valence-corrected chi connectivity index (χ3v) is 8.23. The van der Waals surface area contributed by atoms with Gasteiger partial charge in [-0.2, -0.15) is 0 Å². The first-order valence-electron chi connectivity index (χ1n) is 14.2. The summed E-state index contributed by atoms with van der Waals surface area (Å²) in [6.45, 7) is 5.96. The number of benzene rings is 1. The summed E-state index contributed by atoms with van der Waals surface area (Å²) < 4.78 is 0. The number of allylic oxidation sites excluding steroid dienone is 2. The lowest BCUT2D eigenvalue weighted by Gasteiger charge is -2.38. The van der Waals surface area contributed by atoms with Crippen molar-refractivity contribution < 1.29 is 34.8 Å². The van der Waals surface area contributed by atoms with Crippen molar-refractivity contribution >= 4 is 23.9 Å². The predicted molar refractivity (Wildman–Crippen MR) is 148 cm³/mol. The molecular weight excluding hydrogens is 498 g/mol. The number of para-hydroxylation sites is 1. The monoisotopic (exact) mass is 541 g/mol. The molecular formula is C31H43NO7. The first-order chi connectivity index (χ1) is 18.6. The lowest BCUT2D eigenvalue weighted by atomic mass is 9.66. The second kappa shape index (κ2) is 13.9. The van der Waals surface area contributed by atoms with E-state index in [4.69, 9.17) is 5.11 Å². The third kappa shape index (κ3) is 7.17. The molecule has 2 amide bonds. The molecule has 8 heteroatoms. The number of hydrogen-bond acceptors (Lipinski definition) is 6. The predicted octanol–water partition coefficient (Wildman–Crippen LogP) is 4.54. The quantitative estimate of drug-likeness (QED) is 0.154. The Kier molecular flexibility index (Phi) is 10.9. The van der Waals surface area contributed by atoms with Gasteiger partial charge in [-0.05, 0) is 56.1 Å². The van der Waals surface area contributed by atoms with E-state index < -0.39 is 29.8 Å². The first-order valence-corrected chi connectivity index (χ1v) is 14.2. The minimum Gasteiger partial charge on any atom is -0.507 e. The number of imide groups is 1. The van der Waals surface area contributed by atoms with Crippen LogP contribution >= 0.6 is 0 Å². The van der Waals surface area contributed by atoms with Gasteiger partial charge in [-0.25, -0.2) is 0 Å². The van der Waals surface area contributed by atoms with Gasteiger partial charge in [0.05, 0.1) is 24.5 Å². The molecule has 1 aromatic carbocycles.